The second kappa shape index (κ2) is 6.59. The van der Waals surface area contributed by atoms with Gasteiger partial charge in [-0.3, -0.25) is 9.59 Å². The zero-order chi connectivity index (χ0) is 12.8. The first-order valence-corrected chi connectivity index (χ1v) is 6.14. The fourth-order valence-electron chi connectivity index (χ4n) is 2.09. The van der Waals surface area contributed by atoms with Crippen LogP contribution in [0.3, 0.4) is 0 Å². The van der Waals surface area contributed by atoms with Crippen LogP contribution in [0, 0.1) is 0 Å². The van der Waals surface area contributed by atoms with Crippen LogP contribution in [0.2, 0.25) is 0 Å². The molecule has 1 saturated heterocycles. The van der Waals surface area contributed by atoms with E-state index in [1.165, 1.54) is 0 Å². The first kappa shape index (κ1) is 14.0. The first-order chi connectivity index (χ1) is 7.99. The molecule has 1 N–H and O–H groups in total. The van der Waals surface area contributed by atoms with E-state index in [0.717, 1.165) is 0 Å². The molecule has 0 bridgehead atoms. The second-order valence-electron chi connectivity index (χ2n) is 4.66. The minimum Gasteiger partial charge on any atom is -0.481 e. The maximum absolute atomic E-state index is 11.9. The van der Waals surface area contributed by atoms with Crippen LogP contribution in [-0.2, 0) is 14.3 Å². The number of carbonyl (C=O) groups is 2. The Morgan fingerprint density at radius 1 is 1.18 bits per heavy atom. The quantitative estimate of drug-likeness (QED) is 0.738. The van der Waals surface area contributed by atoms with Gasteiger partial charge >= 0.3 is 5.97 Å². The molecule has 0 aromatic rings. The third-order valence-corrected chi connectivity index (χ3v) is 2.80. The standard InChI is InChI=1S/C12H21NO4/c1-9-7-13(8-10(2)17-9)11(14)5-3-4-6-12(15)16/h9-10H,3-8H2,1-2H3,(H,15,16)/t9-,10+. The van der Waals surface area contributed by atoms with Crippen molar-refractivity contribution in [1.82, 2.24) is 4.90 Å². The van der Waals surface area contributed by atoms with Crippen molar-refractivity contribution in [3.8, 4) is 0 Å². The molecule has 0 unspecified atom stereocenters. The van der Waals surface area contributed by atoms with Crippen molar-refractivity contribution >= 4 is 11.9 Å². The molecule has 0 spiro atoms. The van der Waals surface area contributed by atoms with Crippen LogP contribution in [-0.4, -0.2) is 47.2 Å². The maximum Gasteiger partial charge on any atom is 0.303 e. The number of amides is 1. The highest BCUT2D eigenvalue weighted by Gasteiger charge is 2.25. The number of hydrogen-bond donors (Lipinski definition) is 1. The van der Waals surface area contributed by atoms with E-state index in [2.05, 4.69) is 0 Å². The Hall–Kier alpha value is -1.10. The number of rotatable bonds is 5. The number of hydrogen-bond acceptors (Lipinski definition) is 3. The molecular weight excluding hydrogens is 222 g/mol. The number of carboxylic acid groups (broad SMARTS) is 1. The Labute approximate surface area is 102 Å². The topological polar surface area (TPSA) is 66.8 Å². The van der Waals surface area contributed by atoms with Crippen LogP contribution < -0.4 is 0 Å². The smallest absolute Gasteiger partial charge is 0.303 e. The third kappa shape index (κ3) is 5.17. The van der Waals surface area contributed by atoms with Crippen LogP contribution in [0.25, 0.3) is 0 Å². The Bertz CT molecular complexity index is 270. The summed E-state index contributed by atoms with van der Waals surface area (Å²) in [6.45, 7) is 5.20. The third-order valence-electron chi connectivity index (χ3n) is 2.80. The zero-order valence-corrected chi connectivity index (χ0v) is 10.5. The fourth-order valence-corrected chi connectivity index (χ4v) is 2.09. The van der Waals surface area contributed by atoms with Crippen LogP contribution in [0.4, 0.5) is 0 Å². The Balaban J connectivity index is 2.24. The van der Waals surface area contributed by atoms with Crippen molar-refractivity contribution < 1.29 is 19.4 Å². The van der Waals surface area contributed by atoms with Gasteiger partial charge in [0.1, 0.15) is 0 Å². The van der Waals surface area contributed by atoms with Gasteiger partial charge in [0, 0.05) is 25.9 Å². The summed E-state index contributed by atoms with van der Waals surface area (Å²) >= 11 is 0. The molecule has 2 atom stereocenters. The van der Waals surface area contributed by atoms with Gasteiger partial charge in [0.2, 0.25) is 5.91 Å². The van der Waals surface area contributed by atoms with E-state index in [1.807, 2.05) is 18.7 Å². The highest BCUT2D eigenvalue weighted by Crippen LogP contribution is 2.13. The lowest BCUT2D eigenvalue weighted by atomic mass is 10.1. The molecule has 98 valence electrons. The lowest BCUT2D eigenvalue weighted by Crippen LogP contribution is -2.48. The summed E-state index contributed by atoms with van der Waals surface area (Å²) in [6, 6.07) is 0. The van der Waals surface area contributed by atoms with Gasteiger partial charge < -0.3 is 14.7 Å². The van der Waals surface area contributed by atoms with E-state index < -0.39 is 5.97 Å². The number of unbranched alkanes of at least 4 members (excludes halogenated alkanes) is 1. The second-order valence-corrected chi connectivity index (χ2v) is 4.66. The number of morpholine rings is 1. The Morgan fingerprint density at radius 2 is 1.71 bits per heavy atom. The first-order valence-electron chi connectivity index (χ1n) is 6.14. The van der Waals surface area contributed by atoms with E-state index in [0.29, 0.717) is 32.4 Å². The molecule has 5 nitrogen and oxygen atoms in total. The molecule has 1 amide bonds. The van der Waals surface area contributed by atoms with Crippen molar-refractivity contribution in [2.24, 2.45) is 0 Å². The summed E-state index contributed by atoms with van der Waals surface area (Å²) in [5, 5.41) is 8.49. The lowest BCUT2D eigenvalue weighted by molar-refractivity contribution is -0.143. The summed E-state index contributed by atoms with van der Waals surface area (Å²) < 4.78 is 5.55. The number of carboxylic acids is 1. The summed E-state index contributed by atoms with van der Waals surface area (Å²) in [5.74, 6) is -0.691. The van der Waals surface area contributed by atoms with Gasteiger partial charge in [0.15, 0.2) is 0 Å². The van der Waals surface area contributed by atoms with Crippen molar-refractivity contribution in [2.45, 2.75) is 51.7 Å². The highest BCUT2D eigenvalue weighted by atomic mass is 16.5. The minimum atomic E-state index is -0.800. The highest BCUT2D eigenvalue weighted by molar-refractivity contribution is 5.76. The monoisotopic (exact) mass is 243 g/mol. The summed E-state index contributed by atoms with van der Waals surface area (Å²) in [6.07, 6.45) is 1.96. The van der Waals surface area contributed by atoms with Crippen molar-refractivity contribution in [3.63, 3.8) is 0 Å². The van der Waals surface area contributed by atoms with E-state index in [9.17, 15) is 9.59 Å². The maximum atomic E-state index is 11.9. The molecule has 17 heavy (non-hydrogen) atoms. The van der Waals surface area contributed by atoms with Crippen LogP contribution in [0.15, 0.2) is 0 Å². The van der Waals surface area contributed by atoms with Crippen molar-refractivity contribution in [1.29, 1.82) is 0 Å². The minimum absolute atomic E-state index is 0.0849. The van der Waals surface area contributed by atoms with E-state index >= 15 is 0 Å². The van der Waals surface area contributed by atoms with E-state index in [-0.39, 0.29) is 24.5 Å². The zero-order valence-electron chi connectivity index (χ0n) is 10.5. The van der Waals surface area contributed by atoms with Gasteiger partial charge in [-0.2, -0.15) is 0 Å². The normalized spacial score (nSPS) is 24.7. The number of nitrogens with zero attached hydrogens (tertiary/aromatic N) is 1. The van der Waals surface area contributed by atoms with Gasteiger partial charge in [0.25, 0.3) is 0 Å². The summed E-state index contributed by atoms with van der Waals surface area (Å²) in [5.41, 5.74) is 0. The molecule has 1 fully saturated rings. The van der Waals surface area contributed by atoms with Crippen molar-refractivity contribution in [2.75, 3.05) is 13.1 Å². The Kier molecular flexibility index (Phi) is 5.41. The Morgan fingerprint density at radius 3 is 2.24 bits per heavy atom. The van der Waals surface area contributed by atoms with Gasteiger partial charge in [-0.05, 0) is 26.7 Å². The van der Waals surface area contributed by atoms with Crippen LogP contribution in [0.1, 0.15) is 39.5 Å². The molecule has 1 heterocycles. The predicted molar refractivity (Wildman–Crippen MR) is 62.7 cm³/mol. The number of ether oxygens (including phenoxy) is 1. The molecule has 1 rings (SSSR count). The summed E-state index contributed by atoms with van der Waals surface area (Å²) in [7, 11) is 0. The van der Waals surface area contributed by atoms with Gasteiger partial charge in [-0.1, -0.05) is 0 Å². The number of aliphatic carboxylic acids is 1. The van der Waals surface area contributed by atoms with Gasteiger partial charge in [-0.25, -0.2) is 0 Å². The van der Waals surface area contributed by atoms with Crippen molar-refractivity contribution in [3.05, 3.63) is 0 Å². The van der Waals surface area contributed by atoms with E-state index in [1.54, 1.807) is 0 Å². The summed E-state index contributed by atoms with van der Waals surface area (Å²) in [4.78, 5) is 24.0. The fraction of sp³-hybridized carbons (Fsp3) is 0.833. The number of carbonyl (C=O) groups excluding carboxylic acids is 1. The molecule has 1 aliphatic rings. The molecule has 0 aromatic heterocycles. The lowest BCUT2D eigenvalue weighted by Gasteiger charge is -2.35. The molecule has 0 radical (unpaired) electrons. The van der Waals surface area contributed by atoms with E-state index in [4.69, 9.17) is 9.84 Å². The predicted octanol–water partition coefficient (Wildman–Crippen LogP) is 1.27. The van der Waals surface area contributed by atoms with Crippen LogP contribution in [0.5, 0.6) is 0 Å². The average molecular weight is 243 g/mol. The molecular formula is C12H21NO4. The molecule has 0 aliphatic carbocycles. The SMILES string of the molecule is C[C@@H]1CN(C(=O)CCCCC(=O)O)C[C@H](C)O1. The largest absolute Gasteiger partial charge is 0.481 e. The average Bonchev–Trinajstić information content (AvgIpc) is 2.22. The van der Waals surface area contributed by atoms with Gasteiger partial charge in [-0.15, -0.1) is 0 Å². The molecule has 5 heteroatoms. The van der Waals surface area contributed by atoms with Crippen LogP contribution >= 0.6 is 0 Å². The molecule has 0 aromatic carbocycles. The van der Waals surface area contributed by atoms with Gasteiger partial charge in [0.05, 0.1) is 12.2 Å². The molecule has 1 aliphatic heterocycles. The molecule has 0 saturated carbocycles.